The van der Waals surface area contributed by atoms with E-state index in [9.17, 15) is 4.79 Å². The number of esters is 1. The van der Waals surface area contributed by atoms with Gasteiger partial charge in [-0.15, -0.1) is 0 Å². The van der Waals surface area contributed by atoms with E-state index < -0.39 is 0 Å². The normalized spacial score (nSPS) is 38.4. The monoisotopic (exact) mass is 183 g/mol. The summed E-state index contributed by atoms with van der Waals surface area (Å²) in [6.07, 6.45) is 6.01. The van der Waals surface area contributed by atoms with Crippen LogP contribution < -0.4 is 5.32 Å². The molecule has 1 unspecified atom stereocenters. The molecule has 0 saturated carbocycles. The molecule has 0 spiro atoms. The van der Waals surface area contributed by atoms with Crippen LogP contribution in [-0.4, -0.2) is 24.2 Å². The van der Waals surface area contributed by atoms with Crippen molar-refractivity contribution < 1.29 is 9.53 Å². The Morgan fingerprint density at radius 1 is 1.31 bits per heavy atom. The number of piperidine rings is 2. The molecule has 2 aliphatic rings. The minimum atomic E-state index is -0.134. The molecule has 13 heavy (non-hydrogen) atoms. The lowest BCUT2D eigenvalue weighted by molar-refractivity contribution is -0.148. The molecule has 0 aliphatic carbocycles. The Balaban J connectivity index is 1.90. The molecule has 2 rings (SSSR count). The molecule has 2 fully saturated rings. The standard InChI is InChI=1S/C10H17NO2/c1-7(12)13-10-5-8-3-2-4-9(6-10)11-8/h8-11H,2-6H2,1H3/t8-,9+,10?. The number of hydrogen-bond donors (Lipinski definition) is 1. The molecule has 2 bridgehead atoms. The second kappa shape index (κ2) is 3.66. The van der Waals surface area contributed by atoms with Crippen molar-refractivity contribution in [3.63, 3.8) is 0 Å². The van der Waals surface area contributed by atoms with Gasteiger partial charge in [-0.3, -0.25) is 4.79 Å². The highest BCUT2D eigenvalue weighted by Crippen LogP contribution is 2.27. The number of rotatable bonds is 1. The van der Waals surface area contributed by atoms with E-state index in [0.29, 0.717) is 12.1 Å². The van der Waals surface area contributed by atoms with Gasteiger partial charge in [-0.2, -0.15) is 0 Å². The molecule has 0 aromatic carbocycles. The van der Waals surface area contributed by atoms with Crippen molar-refractivity contribution >= 4 is 5.97 Å². The fraction of sp³-hybridized carbons (Fsp3) is 0.900. The number of carbonyl (C=O) groups excluding carboxylic acids is 1. The molecule has 74 valence electrons. The van der Waals surface area contributed by atoms with Gasteiger partial charge in [-0.05, 0) is 25.7 Å². The fourth-order valence-corrected chi connectivity index (χ4v) is 2.54. The first kappa shape index (κ1) is 9.00. The summed E-state index contributed by atoms with van der Waals surface area (Å²) in [6.45, 7) is 1.50. The summed E-state index contributed by atoms with van der Waals surface area (Å²) in [7, 11) is 0. The van der Waals surface area contributed by atoms with E-state index in [-0.39, 0.29) is 12.1 Å². The van der Waals surface area contributed by atoms with Crippen LogP contribution in [0.1, 0.15) is 39.0 Å². The van der Waals surface area contributed by atoms with Crippen LogP contribution in [0.5, 0.6) is 0 Å². The molecule has 0 amide bonds. The van der Waals surface area contributed by atoms with E-state index >= 15 is 0 Å². The van der Waals surface area contributed by atoms with Crippen molar-refractivity contribution in [2.75, 3.05) is 0 Å². The second-order valence-corrected chi connectivity index (χ2v) is 4.19. The molecule has 0 aromatic rings. The third kappa shape index (κ3) is 2.21. The lowest BCUT2D eigenvalue weighted by Crippen LogP contribution is -2.51. The molecule has 0 aromatic heterocycles. The summed E-state index contributed by atoms with van der Waals surface area (Å²) < 4.78 is 5.25. The van der Waals surface area contributed by atoms with Crippen LogP contribution in [0.15, 0.2) is 0 Å². The molecular formula is C10H17NO2. The van der Waals surface area contributed by atoms with Crippen molar-refractivity contribution in [1.82, 2.24) is 5.32 Å². The Bertz CT molecular complexity index is 193. The average Bonchev–Trinajstić information content (AvgIpc) is 2.01. The first-order chi connectivity index (χ1) is 6.24. The minimum Gasteiger partial charge on any atom is -0.462 e. The summed E-state index contributed by atoms with van der Waals surface area (Å²) >= 11 is 0. The summed E-state index contributed by atoms with van der Waals surface area (Å²) in [6, 6.07) is 1.19. The van der Waals surface area contributed by atoms with E-state index in [4.69, 9.17) is 4.74 Å². The largest absolute Gasteiger partial charge is 0.462 e. The first-order valence-corrected chi connectivity index (χ1v) is 5.17. The lowest BCUT2D eigenvalue weighted by Gasteiger charge is -2.39. The third-order valence-electron chi connectivity index (χ3n) is 3.00. The average molecular weight is 183 g/mol. The van der Waals surface area contributed by atoms with Gasteiger partial charge in [-0.1, -0.05) is 6.42 Å². The Morgan fingerprint density at radius 2 is 1.92 bits per heavy atom. The molecule has 3 heteroatoms. The zero-order valence-corrected chi connectivity index (χ0v) is 8.08. The predicted molar refractivity (Wildman–Crippen MR) is 49.4 cm³/mol. The van der Waals surface area contributed by atoms with Gasteiger partial charge < -0.3 is 10.1 Å². The van der Waals surface area contributed by atoms with Gasteiger partial charge in [0.05, 0.1) is 0 Å². The number of carbonyl (C=O) groups is 1. The van der Waals surface area contributed by atoms with Crippen molar-refractivity contribution in [2.45, 2.75) is 57.2 Å². The molecule has 2 aliphatic heterocycles. The van der Waals surface area contributed by atoms with E-state index in [1.807, 2.05) is 0 Å². The first-order valence-electron chi connectivity index (χ1n) is 5.17. The second-order valence-electron chi connectivity index (χ2n) is 4.19. The van der Waals surface area contributed by atoms with Crippen LogP contribution in [-0.2, 0) is 9.53 Å². The summed E-state index contributed by atoms with van der Waals surface area (Å²) in [5, 5.41) is 3.56. The predicted octanol–water partition coefficient (Wildman–Crippen LogP) is 1.22. The number of nitrogens with one attached hydrogen (secondary N) is 1. The maximum absolute atomic E-state index is 10.8. The Kier molecular flexibility index (Phi) is 2.54. The van der Waals surface area contributed by atoms with Gasteiger partial charge in [0, 0.05) is 19.0 Å². The third-order valence-corrected chi connectivity index (χ3v) is 3.00. The van der Waals surface area contributed by atoms with Crippen molar-refractivity contribution in [3.8, 4) is 0 Å². The van der Waals surface area contributed by atoms with Gasteiger partial charge >= 0.3 is 5.97 Å². The molecule has 3 atom stereocenters. The van der Waals surface area contributed by atoms with Crippen LogP contribution in [0.4, 0.5) is 0 Å². The van der Waals surface area contributed by atoms with Gasteiger partial charge in [0.1, 0.15) is 6.10 Å². The van der Waals surface area contributed by atoms with Gasteiger partial charge in [0.2, 0.25) is 0 Å². The molecule has 1 N–H and O–H groups in total. The maximum atomic E-state index is 10.8. The van der Waals surface area contributed by atoms with Crippen LogP contribution in [0.2, 0.25) is 0 Å². The number of fused-ring (bicyclic) bond motifs is 2. The van der Waals surface area contributed by atoms with E-state index in [1.54, 1.807) is 0 Å². The fourth-order valence-electron chi connectivity index (χ4n) is 2.54. The quantitative estimate of drug-likeness (QED) is 0.621. The van der Waals surface area contributed by atoms with E-state index in [1.165, 1.54) is 26.2 Å². The Hall–Kier alpha value is -0.570. The van der Waals surface area contributed by atoms with Gasteiger partial charge in [0.25, 0.3) is 0 Å². The molecule has 2 heterocycles. The van der Waals surface area contributed by atoms with Gasteiger partial charge in [0.15, 0.2) is 0 Å². The molecule has 3 nitrogen and oxygen atoms in total. The minimum absolute atomic E-state index is 0.134. The van der Waals surface area contributed by atoms with Crippen LogP contribution in [0, 0.1) is 0 Å². The van der Waals surface area contributed by atoms with Crippen LogP contribution in [0.25, 0.3) is 0 Å². The van der Waals surface area contributed by atoms with Crippen molar-refractivity contribution in [3.05, 3.63) is 0 Å². The number of ether oxygens (including phenoxy) is 1. The van der Waals surface area contributed by atoms with Crippen LogP contribution >= 0.6 is 0 Å². The zero-order valence-electron chi connectivity index (χ0n) is 8.08. The van der Waals surface area contributed by atoms with E-state index in [0.717, 1.165) is 12.8 Å². The lowest BCUT2D eigenvalue weighted by atomic mass is 9.85. The summed E-state index contributed by atoms with van der Waals surface area (Å²) in [5.41, 5.74) is 0. The zero-order chi connectivity index (χ0) is 9.26. The van der Waals surface area contributed by atoms with Gasteiger partial charge in [-0.25, -0.2) is 0 Å². The van der Waals surface area contributed by atoms with Crippen LogP contribution in [0.3, 0.4) is 0 Å². The number of hydrogen-bond acceptors (Lipinski definition) is 3. The topological polar surface area (TPSA) is 38.3 Å². The Labute approximate surface area is 78.8 Å². The SMILES string of the molecule is CC(=O)OC1C[C@H]2CCC[C@@H](C1)N2. The summed E-state index contributed by atoms with van der Waals surface area (Å²) in [5.74, 6) is -0.134. The highest BCUT2D eigenvalue weighted by atomic mass is 16.5. The van der Waals surface area contributed by atoms with Crippen molar-refractivity contribution in [1.29, 1.82) is 0 Å². The Morgan fingerprint density at radius 3 is 2.46 bits per heavy atom. The molecule has 2 saturated heterocycles. The molecular weight excluding hydrogens is 166 g/mol. The maximum Gasteiger partial charge on any atom is 0.302 e. The summed E-state index contributed by atoms with van der Waals surface area (Å²) in [4.78, 5) is 10.8. The molecule has 0 radical (unpaired) electrons. The highest BCUT2D eigenvalue weighted by molar-refractivity contribution is 5.66. The van der Waals surface area contributed by atoms with E-state index in [2.05, 4.69) is 5.32 Å². The highest BCUT2D eigenvalue weighted by Gasteiger charge is 2.32. The smallest absolute Gasteiger partial charge is 0.302 e. The van der Waals surface area contributed by atoms with Crippen molar-refractivity contribution in [2.24, 2.45) is 0 Å².